The molecule has 0 bridgehead atoms. The Balaban J connectivity index is 1.36. The largest absolute Gasteiger partial charge is 0.496 e. The molecule has 0 spiro atoms. The zero-order valence-electron chi connectivity index (χ0n) is 18.0. The van der Waals surface area contributed by atoms with Crippen LogP contribution in [0.25, 0.3) is 0 Å². The number of carbonyl (C=O) groups excluding carboxylic acids is 2. The van der Waals surface area contributed by atoms with Gasteiger partial charge in [-0.1, -0.05) is 31.0 Å². The number of ether oxygens (including phenoxy) is 1. The lowest BCUT2D eigenvalue weighted by Crippen LogP contribution is -2.57. The van der Waals surface area contributed by atoms with E-state index in [1.807, 2.05) is 29.2 Å². The number of nitrogens with zero attached hydrogens (tertiary/aromatic N) is 3. The van der Waals surface area contributed by atoms with Crippen LogP contribution in [-0.2, 0) is 16.1 Å². The van der Waals surface area contributed by atoms with Crippen molar-refractivity contribution in [3.05, 3.63) is 29.8 Å². The molecule has 164 valence electrons. The van der Waals surface area contributed by atoms with Crippen molar-refractivity contribution in [2.24, 2.45) is 0 Å². The Kier molecular flexibility index (Phi) is 6.89. The number of para-hydroxylation sites is 1. The Morgan fingerprint density at radius 2 is 1.83 bits per heavy atom. The molecule has 1 N–H and O–H groups in total. The van der Waals surface area contributed by atoms with Crippen molar-refractivity contribution in [3.8, 4) is 5.75 Å². The summed E-state index contributed by atoms with van der Waals surface area (Å²) >= 11 is 0. The second-order valence-electron chi connectivity index (χ2n) is 8.65. The molecule has 1 atom stereocenters. The van der Waals surface area contributed by atoms with Crippen LogP contribution >= 0.6 is 0 Å². The fourth-order valence-electron chi connectivity index (χ4n) is 5.13. The van der Waals surface area contributed by atoms with Gasteiger partial charge in [-0.15, -0.1) is 0 Å². The molecule has 3 aliphatic rings. The van der Waals surface area contributed by atoms with Crippen LogP contribution in [0.5, 0.6) is 5.75 Å². The maximum atomic E-state index is 13.0. The normalized spacial score (nSPS) is 24.1. The summed E-state index contributed by atoms with van der Waals surface area (Å²) in [7, 11) is 1.66. The van der Waals surface area contributed by atoms with Crippen molar-refractivity contribution in [1.82, 2.24) is 20.0 Å². The number of benzene rings is 1. The van der Waals surface area contributed by atoms with E-state index in [1.54, 1.807) is 7.11 Å². The fourth-order valence-corrected chi connectivity index (χ4v) is 5.13. The quantitative estimate of drug-likeness (QED) is 0.764. The van der Waals surface area contributed by atoms with Gasteiger partial charge in [0.25, 0.3) is 0 Å². The SMILES string of the molecule is COc1ccccc1CN1CCNC(=O)C1CC(=O)N1CCN(C2CCCC2)CC1. The number of nitrogens with one attached hydrogen (secondary N) is 1. The molecule has 7 nitrogen and oxygen atoms in total. The Labute approximate surface area is 179 Å². The maximum Gasteiger partial charge on any atom is 0.237 e. The van der Waals surface area contributed by atoms with Crippen LogP contribution in [0, 0.1) is 0 Å². The van der Waals surface area contributed by atoms with Gasteiger partial charge >= 0.3 is 0 Å². The smallest absolute Gasteiger partial charge is 0.237 e. The third-order valence-electron chi connectivity index (χ3n) is 6.88. The molecular formula is C23H34N4O3. The second-order valence-corrected chi connectivity index (χ2v) is 8.65. The zero-order chi connectivity index (χ0) is 20.9. The molecule has 4 rings (SSSR count). The highest BCUT2D eigenvalue weighted by atomic mass is 16.5. The summed E-state index contributed by atoms with van der Waals surface area (Å²) in [5.41, 5.74) is 1.04. The number of methoxy groups -OCH3 is 1. The predicted octanol–water partition coefficient (Wildman–Crippen LogP) is 1.47. The van der Waals surface area contributed by atoms with Gasteiger partial charge in [-0.25, -0.2) is 0 Å². The predicted molar refractivity (Wildman–Crippen MR) is 115 cm³/mol. The summed E-state index contributed by atoms with van der Waals surface area (Å²) < 4.78 is 5.47. The number of hydrogen-bond acceptors (Lipinski definition) is 5. The van der Waals surface area contributed by atoms with Gasteiger partial charge in [0.05, 0.1) is 19.6 Å². The summed E-state index contributed by atoms with van der Waals surface area (Å²) in [5, 5.41) is 2.94. The molecular weight excluding hydrogens is 380 g/mol. The molecule has 0 aromatic heterocycles. The molecule has 1 aromatic carbocycles. The average molecular weight is 415 g/mol. The summed E-state index contributed by atoms with van der Waals surface area (Å²) in [6.45, 7) is 5.41. The van der Waals surface area contributed by atoms with Crippen LogP contribution < -0.4 is 10.1 Å². The van der Waals surface area contributed by atoms with Crippen LogP contribution in [0.1, 0.15) is 37.7 Å². The minimum atomic E-state index is -0.427. The molecule has 0 radical (unpaired) electrons. The molecule has 2 heterocycles. The van der Waals surface area contributed by atoms with E-state index in [1.165, 1.54) is 25.7 Å². The summed E-state index contributed by atoms with van der Waals surface area (Å²) in [5.74, 6) is 0.860. The number of hydrogen-bond donors (Lipinski definition) is 1. The summed E-state index contributed by atoms with van der Waals surface area (Å²) in [6.07, 6.45) is 5.51. The zero-order valence-corrected chi connectivity index (χ0v) is 18.0. The Bertz CT molecular complexity index is 742. The molecule has 1 saturated carbocycles. The van der Waals surface area contributed by atoms with Crippen LogP contribution in [0.15, 0.2) is 24.3 Å². The van der Waals surface area contributed by atoms with Crippen molar-refractivity contribution in [2.75, 3.05) is 46.4 Å². The highest BCUT2D eigenvalue weighted by Crippen LogP contribution is 2.25. The lowest BCUT2D eigenvalue weighted by atomic mass is 10.1. The minimum Gasteiger partial charge on any atom is -0.496 e. The van der Waals surface area contributed by atoms with Gasteiger partial charge in [0.2, 0.25) is 11.8 Å². The van der Waals surface area contributed by atoms with E-state index in [9.17, 15) is 9.59 Å². The van der Waals surface area contributed by atoms with Gasteiger partial charge in [0.15, 0.2) is 0 Å². The highest BCUT2D eigenvalue weighted by molar-refractivity contribution is 5.89. The van der Waals surface area contributed by atoms with Crippen molar-refractivity contribution in [1.29, 1.82) is 0 Å². The standard InChI is InChI=1S/C23H34N4O3/c1-30-21-9-5-2-6-18(21)17-27-11-10-24-23(29)20(27)16-22(28)26-14-12-25(13-15-26)19-7-3-4-8-19/h2,5-6,9,19-20H,3-4,7-8,10-17H2,1H3,(H,24,29). The molecule has 2 saturated heterocycles. The first-order valence-electron chi connectivity index (χ1n) is 11.3. The topological polar surface area (TPSA) is 65.1 Å². The van der Waals surface area contributed by atoms with Gasteiger partial charge in [0.1, 0.15) is 5.75 Å². The van der Waals surface area contributed by atoms with Crippen molar-refractivity contribution in [3.63, 3.8) is 0 Å². The van der Waals surface area contributed by atoms with E-state index in [0.29, 0.717) is 19.1 Å². The highest BCUT2D eigenvalue weighted by Gasteiger charge is 2.34. The minimum absolute atomic E-state index is 0.0471. The van der Waals surface area contributed by atoms with E-state index < -0.39 is 6.04 Å². The lowest BCUT2D eigenvalue weighted by Gasteiger charge is -2.40. The molecule has 2 amide bonds. The van der Waals surface area contributed by atoms with Crippen LogP contribution in [-0.4, -0.2) is 85.0 Å². The van der Waals surface area contributed by atoms with Crippen molar-refractivity contribution >= 4 is 11.8 Å². The third kappa shape index (κ3) is 4.78. The van der Waals surface area contributed by atoms with Crippen molar-refractivity contribution in [2.45, 2.75) is 50.7 Å². The van der Waals surface area contributed by atoms with Gasteiger partial charge in [-0.2, -0.15) is 0 Å². The van der Waals surface area contributed by atoms with Gasteiger partial charge < -0.3 is 15.0 Å². The number of carbonyl (C=O) groups is 2. The van der Waals surface area contributed by atoms with E-state index in [0.717, 1.165) is 44.0 Å². The molecule has 3 fully saturated rings. The first-order chi connectivity index (χ1) is 14.7. The number of piperazine rings is 2. The molecule has 1 aliphatic carbocycles. The third-order valence-corrected chi connectivity index (χ3v) is 6.88. The van der Waals surface area contributed by atoms with E-state index >= 15 is 0 Å². The first kappa shape index (κ1) is 21.1. The van der Waals surface area contributed by atoms with Gasteiger partial charge in [-0.05, 0) is 18.9 Å². The Morgan fingerprint density at radius 1 is 1.10 bits per heavy atom. The Hall–Kier alpha value is -2.12. The average Bonchev–Trinajstić information content (AvgIpc) is 3.31. The fraction of sp³-hybridized carbons (Fsp3) is 0.652. The molecule has 30 heavy (non-hydrogen) atoms. The van der Waals surface area contributed by atoms with Crippen LogP contribution in [0.2, 0.25) is 0 Å². The molecule has 7 heteroatoms. The van der Waals surface area contributed by atoms with Crippen LogP contribution in [0.4, 0.5) is 0 Å². The van der Waals surface area contributed by atoms with Gasteiger partial charge in [0, 0.05) is 57.4 Å². The molecule has 1 aromatic rings. The van der Waals surface area contributed by atoms with E-state index in [-0.39, 0.29) is 18.2 Å². The summed E-state index contributed by atoms with van der Waals surface area (Å²) in [4.78, 5) is 32.3. The number of rotatable bonds is 6. The number of amides is 2. The first-order valence-corrected chi connectivity index (χ1v) is 11.3. The summed E-state index contributed by atoms with van der Waals surface area (Å²) in [6, 6.07) is 8.16. The Morgan fingerprint density at radius 3 is 2.57 bits per heavy atom. The van der Waals surface area contributed by atoms with Crippen LogP contribution in [0.3, 0.4) is 0 Å². The van der Waals surface area contributed by atoms with Gasteiger partial charge in [-0.3, -0.25) is 19.4 Å². The van der Waals surface area contributed by atoms with Crippen molar-refractivity contribution < 1.29 is 14.3 Å². The second kappa shape index (κ2) is 9.79. The van der Waals surface area contributed by atoms with E-state index in [4.69, 9.17) is 4.74 Å². The van der Waals surface area contributed by atoms with E-state index in [2.05, 4.69) is 15.1 Å². The molecule has 1 unspecified atom stereocenters. The lowest BCUT2D eigenvalue weighted by molar-refractivity contribution is -0.140. The maximum absolute atomic E-state index is 13.0. The molecule has 2 aliphatic heterocycles. The monoisotopic (exact) mass is 414 g/mol.